The summed E-state index contributed by atoms with van der Waals surface area (Å²) in [6.07, 6.45) is 0.331. The van der Waals surface area contributed by atoms with Crippen molar-refractivity contribution in [3.8, 4) is 22.5 Å². The molecule has 0 aliphatic rings. The number of rotatable bonds is 7. The van der Waals surface area contributed by atoms with Gasteiger partial charge in [-0.3, -0.25) is 4.79 Å². The molecule has 0 fully saturated rings. The SMILES string of the molecule is O=C(CCSc1nnc(-c2ccccc2)c(-c2ccccc2)n1)Nc1ccc(Cl)cc1. The average molecular weight is 447 g/mol. The number of carbonyl (C=O) groups excluding carboxylic acids is 1. The Bertz CT molecular complexity index is 1160. The van der Waals surface area contributed by atoms with E-state index in [1.165, 1.54) is 11.8 Å². The molecule has 0 bridgehead atoms. The summed E-state index contributed by atoms with van der Waals surface area (Å²) < 4.78 is 0. The number of hydrogen-bond donors (Lipinski definition) is 1. The van der Waals surface area contributed by atoms with Crippen LogP contribution in [0.2, 0.25) is 5.02 Å². The monoisotopic (exact) mass is 446 g/mol. The Labute approximate surface area is 189 Å². The molecule has 0 aliphatic heterocycles. The van der Waals surface area contributed by atoms with Crippen LogP contribution in [0.15, 0.2) is 90.1 Å². The Morgan fingerprint density at radius 1 is 0.806 bits per heavy atom. The summed E-state index contributed by atoms with van der Waals surface area (Å²) >= 11 is 7.28. The van der Waals surface area contributed by atoms with Crippen LogP contribution in [0, 0.1) is 0 Å². The molecule has 0 radical (unpaired) electrons. The van der Waals surface area contributed by atoms with Gasteiger partial charge in [-0.1, -0.05) is 84.0 Å². The van der Waals surface area contributed by atoms with E-state index in [0.29, 0.717) is 22.4 Å². The third kappa shape index (κ3) is 5.69. The van der Waals surface area contributed by atoms with E-state index in [4.69, 9.17) is 16.6 Å². The Balaban J connectivity index is 1.46. The van der Waals surface area contributed by atoms with Crippen LogP contribution in [0.3, 0.4) is 0 Å². The topological polar surface area (TPSA) is 67.8 Å². The van der Waals surface area contributed by atoms with Crippen molar-refractivity contribution >= 4 is 35.0 Å². The number of halogens is 1. The second-order valence-electron chi connectivity index (χ2n) is 6.68. The van der Waals surface area contributed by atoms with Gasteiger partial charge in [-0.05, 0) is 24.3 Å². The zero-order valence-electron chi connectivity index (χ0n) is 16.5. The molecule has 0 saturated heterocycles. The molecule has 0 saturated carbocycles. The van der Waals surface area contributed by atoms with E-state index >= 15 is 0 Å². The first-order valence-corrected chi connectivity index (χ1v) is 11.1. The van der Waals surface area contributed by atoms with E-state index in [1.807, 2.05) is 60.7 Å². The van der Waals surface area contributed by atoms with Crippen molar-refractivity contribution in [3.05, 3.63) is 90.0 Å². The first-order chi connectivity index (χ1) is 15.2. The third-order valence-corrected chi connectivity index (χ3v) is 5.54. The van der Waals surface area contributed by atoms with Crippen molar-refractivity contribution in [2.24, 2.45) is 0 Å². The first kappa shape index (κ1) is 21.0. The Morgan fingerprint density at radius 3 is 2.06 bits per heavy atom. The number of aromatic nitrogens is 3. The quantitative estimate of drug-likeness (QED) is 0.353. The van der Waals surface area contributed by atoms with Crippen molar-refractivity contribution in [3.63, 3.8) is 0 Å². The van der Waals surface area contributed by atoms with Gasteiger partial charge in [-0.2, -0.15) is 0 Å². The molecule has 1 heterocycles. The van der Waals surface area contributed by atoms with Crippen LogP contribution in [0.4, 0.5) is 5.69 Å². The summed E-state index contributed by atoms with van der Waals surface area (Å²) in [5.41, 5.74) is 4.15. The normalized spacial score (nSPS) is 10.6. The molecule has 1 N–H and O–H groups in total. The van der Waals surface area contributed by atoms with Gasteiger partial charge in [0, 0.05) is 34.0 Å². The lowest BCUT2D eigenvalue weighted by Gasteiger charge is -2.09. The summed E-state index contributed by atoms with van der Waals surface area (Å²) in [6.45, 7) is 0. The maximum atomic E-state index is 12.2. The van der Waals surface area contributed by atoms with Gasteiger partial charge in [0.05, 0.1) is 0 Å². The van der Waals surface area contributed by atoms with Crippen LogP contribution in [0.1, 0.15) is 6.42 Å². The van der Waals surface area contributed by atoms with Crippen LogP contribution in [-0.4, -0.2) is 26.8 Å². The van der Waals surface area contributed by atoms with E-state index in [-0.39, 0.29) is 5.91 Å². The fraction of sp³-hybridized carbons (Fsp3) is 0.0833. The van der Waals surface area contributed by atoms with Crippen LogP contribution in [0.25, 0.3) is 22.5 Å². The highest BCUT2D eigenvalue weighted by atomic mass is 35.5. The molecular formula is C24H19ClN4OS. The van der Waals surface area contributed by atoms with Gasteiger partial charge in [0.1, 0.15) is 11.4 Å². The smallest absolute Gasteiger partial charge is 0.225 e. The fourth-order valence-corrected chi connectivity index (χ4v) is 3.80. The largest absolute Gasteiger partial charge is 0.326 e. The lowest BCUT2D eigenvalue weighted by atomic mass is 10.0. The summed E-state index contributed by atoms with van der Waals surface area (Å²) in [4.78, 5) is 17.0. The molecule has 5 nitrogen and oxygen atoms in total. The molecule has 0 aliphatic carbocycles. The fourth-order valence-electron chi connectivity index (χ4n) is 2.95. The molecule has 154 valence electrons. The molecular weight excluding hydrogens is 428 g/mol. The van der Waals surface area contributed by atoms with Crippen molar-refractivity contribution in [1.82, 2.24) is 15.2 Å². The molecule has 0 spiro atoms. The number of nitrogens with zero attached hydrogens (tertiary/aromatic N) is 3. The van der Waals surface area contributed by atoms with Crippen LogP contribution >= 0.6 is 23.4 Å². The summed E-state index contributed by atoms with van der Waals surface area (Å²) in [5.74, 6) is 0.465. The minimum absolute atomic E-state index is 0.0769. The Morgan fingerprint density at radius 2 is 1.42 bits per heavy atom. The number of nitrogens with one attached hydrogen (secondary N) is 1. The van der Waals surface area contributed by atoms with Gasteiger partial charge in [-0.15, -0.1) is 10.2 Å². The summed E-state index contributed by atoms with van der Waals surface area (Å²) in [5, 5.41) is 12.8. The third-order valence-electron chi connectivity index (χ3n) is 4.45. The number of benzene rings is 3. The van der Waals surface area contributed by atoms with E-state index < -0.39 is 0 Å². The molecule has 1 aromatic heterocycles. The number of amides is 1. The van der Waals surface area contributed by atoms with Gasteiger partial charge >= 0.3 is 0 Å². The lowest BCUT2D eigenvalue weighted by molar-refractivity contribution is -0.115. The van der Waals surface area contributed by atoms with Crippen molar-refractivity contribution in [2.75, 3.05) is 11.1 Å². The minimum Gasteiger partial charge on any atom is -0.326 e. The Hall–Kier alpha value is -3.22. The molecule has 3 aromatic carbocycles. The molecule has 0 atom stereocenters. The highest BCUT2D eigenvalue weighted by molar-refractivity contribution is 7.99. The van der Waals surface area contributed by atoms with Gasteiger partial charge in [-0.25, -0.2) is 4.98 Å². The Kier molecular flexibility index (Phi) is 6.92. The van der Waals surface area contributed by atoms with E-state index in [1.54, 1.807) is 24.3 Å². The predicted octanol–water partition coefficient (Wildman–Crippen LogP) is 5.98. The van der Waals surface area contributed by atoms with Crippen molar-refractivity contribution < 1.29 is 4.79 Å². The maximum Gasteiger partial charge on any atom is 0.225 e. The number of hydrogen-bond acceptors (Lipinski definition) is 5. The lowest BCUT2D eigenvalue weighted by Crippen LogP contribution is -2.12. The zero-order chi connectivity index (χ0) is 21.5. The van der Waals surface area contributed by atoms with Gasteiger partial charge in [0.25, 0.3) is 0 Å². The van der Waals surface area contributed by atoms with E-state index in [9.17, 15) is 4.79 Å². The van der Waals surface area contributed by atoms with Gasteiger partial charge in [0.2, 0.25) is 11.1 Å². The second kappa shape index (κ2) is 10.2. The van der Waals surface area contributed by atoms with E-state index in [2.05, 4.69) is 15.5 Å². The summed E-state index contributed by atoms with van der Waals surface area (Å²) in [6, 6.07) is 26.8. The molecule has 7 heteroatoms. The van der Waals surface area contributed by atoms with E-state index in [0.717, 1.165) is 28.2 Å². The van der Waals surface area contributed by atoms with Gasteiger partial charge in [0.15, 0.2) is 0 Å². The number of thioether (sulfide) groups is 1. The molecule has 4 aromatic rings. The second-order valence-corrected chi connectivity index (χ2v) is 8.18. The highest BCUT2D eigenvalue weighted by Crippen LogP contribution is 2.29. The number of anilines is 1. The highest BCUT2D eigenvalue weighted by Gasteiger charge is 2.14. The maximum absolute atomic E-state index is 12.2. The minimum atomic E-state index is -0.0769. The molecule has 31 heavy (non-hydrogen) atoms. The number of carbonyl (C=O) groups is 1. The van der Waals surface area contributed by atoms with Crippen LogP contribution in [-0.2, 0) is 4.79 Å². The standard InChI is InChI=1S/C24H19ClN4OS/c25-19-11-13-20(14-12-19)26-21(30)15-16-31-24-27-22(17-7-3-1-4-8-17)23(28-29-24)18-9-5-2-6-10-18/h1-14H,15-16H2,(H,26,30). The van der Waals surface area contributed by atoms with Crippen LogP contribution < -0.4 is 5.32 Å². The summed E-state index contributed by atoms with van der Waals surface area (Å²) in [7, 11) is 0. The molecule has 4 rings (SSSR count). The van der Waals surface area contributed by atoms with Gasteiger partial charge < -0.3 is 5.32 Å². The van der Waals surface area contributed by atoms with Crippen LogP contribution in [0.5, 0.6) is 0 Å². The van der Waals surface area contributed by atoms with Crippen molar-refractivity contribution in [2.45, 2.75) is 11.6 Å². The van der Waals surface area contributed by atoms with Crippen molar-refractivity contribution in [1.29, 1.82) is 0 Å². The molecule has 1 amide bonds. The zero-order valence-corrected chi connectivity index (χ0v) is 18.1. The molecule has 0 unspecified atom stereocenters. The first-order valence-electron chi connectivity index (χ1n) is 9.73. The predicted molar refractivity (Wildman–Crippen MR) is 126 cm³/mol. The average Bonchev–Trinajstić information content (AvgIpc) is 2.82.